The first-order chi connectivity index (χ1) is 8.17. The smallest absolute Gasteiger partial charge is 0.0378 e. The highest BCUT2D eigenvalue weighted by Crippen LogP contribution is 2.02. The molecule has 90 valence electrons. The van der Waals surface area contributed by atoms with E-state index in [4.69, 9.17) is 0 Å². The second-order valence-electron chi connectivity index (χ2n) is 3.42. The van der Waals surface area contributed by atoms with Crippen molar-refractivity contribution in [2.45, 2.75) is 13.8 Å². The van der Waals surface area contributed by atoms with Gasteiger partial charge in [0.15, 0.2) is 0 Å². The van der Waals surface area contributed by atoms with Gasteiger partial charge in [0.2, 0.25) is 0 Å². The fourth-order valence-corrected chi connectivity index (χ4v) is 0.977. The fraction of sp³-hybridized carbons (Fsp3) is 0.125. The Morgan fingerprint density at radius 1 is 0.882 bits per heavy atom. The molecule has 17 heavy (non-hydrogen) atoms. The predicted octanol–water partition coefficient (Wildman–Crippen LogP) is 4.42. The van der Waals surface area contributed by atoms with Gasteiger partial charge in [-0.05, 0) is 38.2 Å². The Balaban J connectivity index is 4.86. The second kappa shape index (κ2) is 9.22. The summed E-state index contributed by atoms with van der Waals surface area (Å²) in [4.78, 5) is 0. The molecule has 0 radical (unpaired) electrons. The summed E-state index contributed by atoms with van der Waals surface area (Å²) < 4.78 is 0. The van der Waals surface area contributed by atoms with E-state index in [1.165, 1.54) is 0 Å². The first-order valence-corrected chi connectivity index (χ1v) is 5.53. The van der Waals surface area contributed by atoms with Crippen LogP contribution in [0.25, 0.3) is 0 Å². The maximum atomic E-state index is 3.77. The quantitative estimate of drug-likeness (QED) is 0.635. The highest BCUT2D eigenvalue weighted by atomic mass is 14.9. The van der Waals surface area contributed by atoms with Crippen LogP contribution in [0.1, 0.15) is 13.8 Å². The summed E-state index contributed by atoms with van der Waals surface area (Å²) in [5, 5.41) is 3.22. The van der Waals surface area contributed by atoms with Crippen LogP contribution in [0, 0.1) is 0 Å². The summed E-state index contributed by atoms with van der Waals surface area (Å²) in [6.45, 7) is 15.2. The minimum atomic E-state index is 0.918. The first-order valence-electron chi connectivity index (χ1n) is 5.53. The van der Waals surface area contributed by atoms with Crippen LogP contribution in [0.2, 0.25) is 0 Å². The van der Waals surface area contributed by atoms with Crippen molar-refractivity contribution < 1.29 is 0 Å². The molecule has 0 aromatic heterocycles. The molecule has 0 bridgehead atoms. The molecule has 0 spiro atoms. The summed E-state index contributed by atoms with van der Waals surface area (Å²) in [7, 11) is 0. The van der Waals surface area contributed by atoms with Crippen LogP contribution >= 0.6 is 0 Å². The zero-order valence-corrected chi connectivity index (χ0v) is 10.7. The summed E-state index contributed by atoms with van der Waals surface area (Å²) in [5.41, 5.74) is 2.95. The van der Waals surface area contributed by atoms with Gasteiger partial charge in [0.25, 0.3) is 0 Å². The molecule has 0 aliphatic rings. The summed E-state index contributed by atoms with van der Waals surface area (Å²) >= 11 is 0. The van der Waals surface area contributed by atoms with Crippen molar-refractivity contribution in [3.63, 3.8) is 0 Å². The van der Waals surface area contributed by atoms with E-state index in [1.54, 1.807) is 18.2 Å². The number of nitrogens with one attached hydrogen (secondary N) is 1. The van der Waals surface area contributed by atoms with E-state index >= 15 is 0 Å². The number of hydrogen-bond donors (Lipinski definition) is 1. The zero-order chi connectivity index (χ0) is 13.1. The van der Waals surface area contributed by atoms with Crippen molar-refractivity contribution in [1.82, 2.24) is 5.32 Å². The van der Waals surface area contributed by atoms with Crippen LogP contribution in [-0.4, -0.2) is 0 Å². The summed E-state index contributed by atoms with van der Waals surface area (Å²) in [5.74, 6) is 0. The fourth-order valence-electron chi connectivity index (χ4n) is 0.977. The van der Waals surface area contributed by atoms with Crippen LogP contribution < -0.4 is 5.32 Å². The van der Waals surface area contributed by atoms with Gasteiger partial charge in [-0.25, -0.2) is 0 Å². The van der Waals surface area contributed by atoms with Gasteiger partial charge in [0.1, 0.15) is 0 Å². The molecule has 0 amide bonds. The van der Waals surface area contributed by atoms with Crippen molar-refractivity contribution in [2.24, 2.45) is 0 Å². The third-order valence-electron chi connectivity index (χ3n) is 2.04. The van der Waals surface area contributed by atoms with Crippen LogP contribution in [-0.2, 0) is 0 Å². The van der Waals surface area contributed by atoms with Crippen molar-refractivity contribution in [1.29, 1.82) is 0 Å². The second-order valence-corrected chi connectivity index (χ2v) is 3.42. The Kier molecular flexibility index (Phi) is 8.13. The van der Waals surface area contributed by atoms with Crippen LogP contribution in [0.5, 0.6) is 0 Å². The molecule has 0 aromatic rings. The van der Waals surface area contributed by atoms with Crippen LogP contribution in [0.4, 0.5) is 0 Å². The molecule has 0 saturated carbocycles. The Hall–Kier alpha value is -2.02. The van der Waals surface area contributed by atoms with Crippen LogP contribution in [0.3, 0.4) is 0 Å². The van der Waals surface area contributed by atoms with Gasteiger partial charge in [-0.3, -0.25) is 0 Å². The largest absolute Gasteiger partial charge is 0.356 e. The molecular weight excluding hydrogens is 206 g/mol. The third kappa shape index (κ3) is 6.96. The number of hydrogen-bond acceptors (Lipinski definition) is 1. The number of allylic oxidation sites excluding steroid dienone is 9. The minimum absolute atomic E-state index is 0.918. The Morgan fingerprint density at radius 2 is 1.47 bits per heavy atom. The van der Waals surface area contributed by atoms with Gasteiger partial charge < -0.3 is 5.32 Å². The average molecular weight is 227 g/mol. The SMILES string of the molecule is C=C/C(C)=C\C=C(/C=C)N/C(C=C)=C/C=C\C. The van der Waals surface area contributed by atoms with Crippen LogP contribution in [0.15, 0.2) is 85.3 Å². The molecule has 1 N–H and O–H groups in total. The van der Waals surface area contributed by atoms with E-state index in [0.717, 1.165) is 17.0 Å². The van der Waals surface area contributed by atoms with Gasteiger partial charge in [0.05, 0.1) is 0 Å². The van der Waals surface area contributed by atoms with Gasteiger partial charge in [0, 0.05) is 11.4 Å². The van der Waals surface area contributed by atoms with Crippen molar-refractivity contribution >= 4 is 0 Å². The Morgan fingerprint density at radius 3 is 1.94 bits per heavy atom. The lowest BCUT2D eigenvalue weighted by Gasteiger charge is -2.06. The zero-order valence-electron chi connectivity index (χ0n) is 10.7. The van der Waals surface area contributed by atoms with E-state index in [0.29, 0.717) is 0 Å². The van der Waals surface area contributed by atoms with E-state index < -0.39 is 0 Å². The Bertz CT molecular complexity index is 390. The highest BCUT2D eigenvalue weighted by molar-refractivity contribution is 5.32. The topological polar surface area (TPSA) is 12.0 Å². The van der Waals surface area contributed by atoms with Crippen molar-refractivity contribution in [3.05, 3.63) is 85.3 Å². The third-order valence-corrected chi connectivity index (χ3v) is 2.04. The predicted molar refractivity (Wildman–Crippen MR) is 78.5 cm³/mol. The lowest BCUT2D eigenvalue weighted by molar-refractivity contribution is 1.05. The average Bonchev–Trinajstić information content (AvgIpc) is 2.37. The summed E-state index contributed by atoms with van der Waals surface area (Å²) in [6, 6.07) is 0. The monoisotopic (exact) mass is 227 g/mol. The minimum Gasteiger partial charge on any atom is -0.356 e. The summed E-state index contributed by atoms with van der Waals surface area (Å²) in [6.07, 6.45) is 15.1. The van der Waals surface area contributed by atoms with E-state index in [9.17, 15) is 0 Å². The molecule has 0 fully saturated rings. The van der Waals surface area contributed by atoms with Gasteiger partial charge in [-0.2, -0.15) is 0 Å². The van der Waals surface area contributed by atoms with Crippen molar-refractivity contribution in [3.8, 4) is 0 Å². The van der Waals surface area contributed by atoms with Gasteiger partial charge in [-0.1, -0.05) is 49.6 Å². The molecule has 0 aromatic carbocycles. The first kappa shape index (κ1) is 15.0. The highest BCUT2D eigenvalue weighted by Gasteiger charge is 1.91. The lowest BCUT2D eigenvalue weighted by Crippen LogP contribution is -2.08. The lowest BCUT2D eigenvalue weighted by atomic mass is 10.2. The molecule has 1 nitrogen and oxygen atoms in total. The molecule has 0 heterocycles. The normalized spacial score (nSPS) is 13.6. The molecule has 1 heteroatoms. The molecule has 0 rings (SSSR count). The maximum absolute atomic E-state index is 3.77. The molecule has 0 aliphatic carbocycles. The Labute approximate surface area is 105 Å². The molecular formula is C16H21N. The van der Waals surface area contributed by atoms with Gasteiger partial charge in [-0.15, -0.1) is 0 Å². The molecule has 0 atom stereocenters. The standard InChI is InChI=1S/C16H21N/c1-6-10-11-15(8-3)17-16(9-4)13-12-14(5)7-2/h6-13,17H,2-4H2,1,5H3/b10-6-,14-12-,15-11+,16-13+. The van der Waals surface area contributed by atoms with E-state index in [-0.39, 0.29) is 0 Å². The van der Waals surface area contributed by atoms with E-state index in [1.807, 2.05) is 44.2 Å². The number of rotatable bonds is 7. The van der Waals surface area contributed by atoms with E-state index in [2.05, 4.69) is 25.1 Å². The van der Waals surface area contributed by atoms with Crippen molar-refractivity contribution in [2.75, 3.05) is 0 Å². The molecule has 0 unspecified atom stereocenters. The van der Waals surface area contributed by atoms with Gasteiger partial charge >= 0.3 is 0 Å². The molecule has 0 saturated heterocycles. The molecule has 0 aliphatic heterocycles. The maximum Gasteiger partial charge on any atom is 0.0378 e.